The van der Waals surface area contributed by atoms with Gasteiger partial charge < -0.3 is 5.32 Å². The van der Waals surface area contributed by atoms with Crippen LogP contribution in [-0.2, 0) is 10.2 Å². The molecule has 1 aromatic carbocycles. The van der Waals surface area contributed by atoms with Gasteiger partial charge in [-0.15, -0.1) is 0 Å². The molecular formula is C12H14BrNO. The van der Waals surface area contributed by atoms with Crippen molar-refractivity contribution in [3.63, 3.8) is 0 Å². The van der Waals surface area contributed by atoms with Crippen LogP contribution in [0.5, 0.6) is 0 Å². The number of nitrogens with one attached hydrogen (secondary N) is 1. The first-order valence-electron chi connectivity index (χ1n) is 5.11. The van der Waals surface area contributed by atoms with E-state index in [2.05, 4.69) is 34.2 Å². The van der Waals surface area contributed by atoms with Gasteiger partial charge in [0.25, 0.3) is 0 Å². The second-order valence-electron chi connectivity index (χ2n) is 4.29. The Hall–Kier alpha value is -0.830. The number of para-hydroxylation sites is 1. The van der Waals surface area contributed by atoms with E-state index in [9.17, 15) is 4.79 Å². The standard InChI is InChI=1S/C12H14BrNO/c1-12(6-7-12)9-4-2-3-5-10(9)14-11(15)8-13/h2-5H,6-8H2,1H3,(H,14,15). The summed E-state index contributed by atoms with van der Waals surface area (Å²) in [6.45, 7) is 2.24. The van der Waals surface area contributed by atoms with Gasteiger partial charge >= 0.3 is 0 Å². The van der Waals surface area contributed by atoms with Crippen molar-refractivity contribution in [2.45, 2.75) is 25.2 Å². The number of carbonyl (C=O) groups is 1. The van der Waals surface area contributed by atoms with Gasteiger partial charge in [-0.25, -0.2) is 0 Å². The first kappa shape index (κ1) is 10.7. The van der Waals surface area contributed by atoms with Crippen LogP contribution in [0.1, 0.15) is 25.3 Å². The minimum atomic E-state index is 0.00620. The molecule has 3 heteroatoms. The molecule has 1 saturated carbocycles. The van der Waals surface area contributed by atoms with Crippen molar-refractivity contribution in [2.24, 2.45) is 0 Å². The highest BCUT2D eigenvalue weighted by atomic mass is 79.9. The van der Waals surface area contributed by atoms with Crippen LogP contribution in [0, 0.1) is 0 Å². The molecule has 1 aliphatic carbocycles. The van der Waals surface area contributed by atoms with E-state index in [1.165, 1.54) is 18.4 Å². The monoisotopic (exact) mass is 267 g/mol. The van der Waals surface area contributed by atoms with E-state index in [0.717, 1.165) is 5.69 Å². The zero-order valence-corrected chi connectivity index (χ0v) is 10.3. The average Bonchev–Trinajstić information content (AvgIpc) is 2.98. The molecular weight excluding hydrogens is 254 g/mol. The molecule has 0 aliphatic heterocycles. The van der Waals surface area contributed by atoms with Crippen LogP contribution < -0.4 is 5.32 Å². The third-order valence-electron chi connectivity index (χ3n) is 2.97. The van der Waals surface area contributed by atoms with Crippen LogP contribution >= 0.6 is 15.9 Å². The fourth-order valence-corrected chi connectivity index (χ4v) is 1.90. The van der Waals surface area contributed by atoms with Crippen molar-refractivity contribution >= 4 is 27.5 Å². The highest BCUT2D eigenvalue weighted by Gasteiger charge is 2.40. The molecule has 2 rings (SSSR count). The molecule has 1 aliphatic rings. The van der Waals surface area contributed by atoms with Crippen molar-refractivity contribution in [1.82, 2.24) is 0 Å². The van der Waals surface area contributed by atoms with Gasteiger partial charge in [-0.1, -0.05) is 41.1 Å². The van der Waals surface area contributed by atoms with Gasteiger partial charge in [0.2, 0.25) is 5.91 Å². The maximum atomic E-state index is 11.3. The van der Waals surface area contributed by atoms with E-state index in [0.29, 0.717) is 5.33 Å². The van der Waals surface area contributed by atoms with E-state index in [1.54, 1.807) is 0 Å². The summed E-state index contributed by atoms with van der Waals surface area (Å²) in [6, 6.07) is 8.07. The van der Waals surface area contributed by atoms with Crippen molar-refractivity contribution in [1.29, 1.82) is 0 Å². The van der Waals surface area contributed by atoms with Crippen LogP contribution in [0.4, 0.5) is 5.69 Å². The lowest BCUT2D eigenvalue weighted by Gasteiger charge is -2.15. The fourth-order valence-electron chi connectivity index (χ4n) is 1.76. The van der Waals surface area contributed by atoms with E-state index in [4.69, 9.17) is 0 Å². The molecule has 0 heterocycles. The summed E-state index contributed by atoms with van der Waals surface area (Å²) in [5.41, 5.74) is 2.51. The number of anilines is 1. The lowest BCUT2D eigenvalue weighted by molar-refractivity contribution is -0.113. The van der Waals surface area contributed by atoms with Crippen LogP contribution in [0.3, 0.4) is 0 Å². The highest BCUT2D eigenvalue weighted by Crippen LogP contribution is 2.49. The lowest BCUT2D eigenvalue weighted by Crippen LogP contribution is -2.15. The second-order valence-corrected chi connectivity index (χ2v) is 4.85. The number of hydrogen-bond donors (Lipinski definition) is 1. The molecule has 1 fully saturated rings. The Kier molecular flexibility index (Phi) is 2.83. The first-order valence-corrected chi connectivity index (χ1v) is 6.23. The third kappa shape index (κ3) is 2.23. The van der Waals surface area contributed by atoms with E-state index < -0.39 is 0 Å². The van der Waals surface area contributed by atoms with E-state index in [1.807, 2.05) is 18.2 Å². The number of halogens is 1. The summed E-state index contributed by atoms with van der Waals surface area (Å²) in [5, 5.41) is 3.27. The smallest absolute Gasteiger partial charge is 0.235 e. The molecule has 1 amide bonds. The minimum absolute atomic E-state index is 0.00620. The predicted molar refractivity (Wildman–Crippen MR) is 65.5 cm³/mol. The number of alkyl halides is 1. The van der Waals surface area contributed by atoms with Gasteiger partial charge in [-0.2, -0.15) is 0 Å². The normalized spacial score (nSPS) is 17.2. The SMILES string of the molecule is CC1(c2ccccc2NC(=O)CBr)CC1. The number of rotatable bonds is 3. The molecule has 0 unspecified atom stereocenters. The van der Waals surface area contributed by atoms with E-state index >= 15 is 0 Å². The van der Waals surface area contributed by atoms with Gasteiger partial charge in [-0.05, 0) is 29.9 Å². The van der Waals surface area contributed by atoms with Crippen molar-refractivity contribution < 1.29 is 4.79 Å². The van der Waals surface area contributed by atoms with Crippen LogP contribution in [-0.4, -0.2) is 11.2 Å². The molecule has 0 radical (unpaired) electrons. The lowest BCUT2D eigenvalue weighted by atomic mass is 9.96. The molecule has 1 N–H and O–H groups in total. The largest absolute Gasteiger partial charge is 0.325 e. The molecule has 0 bridgehead atoms. The Morgan fingerprint density at radius 2 is 2.13 bits per heavy atom. The first-order chi connectivity index (χ1) is 7.15. The van der Waals surface area contributed by atoms with E-state index in [-0.39, 0.29) is 11.3 Å². The number of benzene rings is 1. The fraction of sp³-hybridized carbons (Fsp3) is 0.417. The summed E-state index contributed by atoms with van der Waals surface area (Å²) >= 11 is 3.15. The predicted octanol–water partition coefficient (Wildman–Crippen LogP) is 3.07. The molecule has 0 saturated heterocycles. The Morgan fingerprint density at radius 1 is 1.47 bits per heavy atom. The Morgan fingerprint density at radius 3 is 2.73 bits per heavy atom. The summed E-state index contributed by atoms with van der Waals surface area (Å²) in [4.78, 5) is 11.3. The Balaban J connectivity index is 2.26. The van der Waals surface area contributed by atoms with Crippen LogP contribution in [0.25, 0.3) is 0 Å². The third-order valence-corrected chi connectivity index (χ3v) is 3.48. The maximum Gasteiger partial charge on any atom is 0.235 e. The van der Waals surface area contributed by atoms with Crippen molar-refractivity contribution in [2.75, 3.05) is 10.6 Å². The van der Waals surface area contributed by atoms with Crippen LogP contribution in [0.2, 0.25) is 0 Å². The molecule has 15 heavy (non-hydrogen) atoms. The van der Waals surface area contributed by atoms with Gasteiger partial charge in [0.15, 0.2) is 0 Å². The zero-order valence-electron chi connectivity index (χ0n) is 8.72. The topological polar surface area (TPSA) is 29.1 Å². The van der Waals surface area contributed by atoms with Gasteiger partial charge in [0, 0.05) is 5.69 Å². The summed E-state index contributed by atoms with van der Waals surface area (Å²) in [5.74, 6) is 0.00620. The summed E-state index contributed by atoms with van der Waals surface area (Å²) in [7, 11) is 0. The Bertz CT molecular complexity index is 385. The molecule has 80 valence electrons. The molecule has 0 aromatic heterocycles. The van der Waals surface area contributed by atoms with Crippen LogP contribution in [0.15, 0.2) is 24.3 Å². The van der Waals surface area contributed by atoms with Gasteiger partial charge in [-0.3, -0.25) is 4.79 Å². The second kappa shape index (κ2) is 3.97. The Labute approximate surface area is 98.2 Å². The summed E-state index contributed by atoms with van der Waals surface area (Å²) in [6.07, 6.45) is 2.43. The van der Waals surface area contributed by atoms with Crippen molar-refractivity contribution in [3.05, 3.63) is 29.8 Å². The van der Waals surface area contributed by atoms with Crippen molar-refractivity contribution in [3.8, 4) is 0 Å². The maximum absolute atomic E-state index is 11.3. The number of amides is 1. The molecule has 0 spiro atoms. The molecule has 2 nitrogen and oxygen atoms in total. The number of hydrogen-bond acceptors (Lipinski definition) is 1. The summed E-state index contributed by atoms with van der Waals surface area (Å²) < 4.78 is 0. The zero-order chi connectivity index (χ0) is 10.9. The molecule has 0 atom stereocenters. The van der Waals surface area contributed by atoms with Gasteiger partial charge in [0.1, 0.15) is 0 Å². The molecule has 1 aromatic rings. The van der Waals surface area contributed by atoms with Gasteiger partial charge in [0.05, 0.1) is 5.33 Å². The minimum Gasteiger partial charge on any atom is -0.325 e. The number of carbonyl (C=O) groups excluding carboxylic acids is 1. The highest BCUT2D eigenvalue weighted by molar-refractivity contribution is 9.09. The average molecular weight is 268 g/mol. The quantitative estimate of drug-likeness (QED) is 0.839.